The molecule has 0 radical (unpaired) electrons. The molecule has 1 N–H and O–H groups in total. The zero-order chi connectivity index (χ0) is 17.1. The molecule has 2 aromatic heterocycles. The first-order valence-electron chi connectivity index (χ1n) is 7.73. The highest BCUT2D eigenvalue weighted by atomic mass is 16.5. The van der Waals surface area contributed by atoms with Crippen molar-refractivity contribution < 1.29 is 9.32 Å². The Morgan fingerprint density at radius 2 is 1.88 bits per heavy atom. The Balaban J connectivity index is 1.53. The normalized spacial score (nSPS) is 10.6. The van der Waals surface area contributed by atoms with Crippen LogP contribution in [0.15, 0.2) is 83.6 Å². The molecule has 2 heterocycles. The third-order valence-electron chi connectivity index (χ3n) is 3.68. The smallest absolute Gasteiger partial charge is 0.294 e. The molecule has 0 fully saturated rings. The van der Waals surface area contributed by atoms with Crippen molar-refractivity contribution in [3.63, 3.8) is 0 Å². The average molecular weight is 330 g/mol. The van der Waals surface area contributed by atoms with E-state index in [4.69, 9.17) is 4.52 Å². The first-order valence-corrected chi connectivity index (χ1v) is 7.73. The maximum atomic E-state index is 12.4. The van der Waals surface area contributed by atoms with Gasteiger partial charge in [0.1, 0.15) is 5.69 Å². The summed E-state index contributed by atoms with van der Waals surface area (Å²) in [7, 11) is 0. The highest BCUT2D eigenvalue weighted by Gasteiger charge is 2.14. The van der Waals surface area contributed by atoms with Crippen molar-refractivity contribution in [3.8, 4) is 16.9 Å². The molecule has 122 valence electrons. The molecule has 0 unspecified atom stereocenters. The molecule has 6 heteroatoms. The van der Waals surface area contributed by atoms with Crippen LogP contribution in [0, 0.1) is 0 Å². The molecule has 4 aromatic rings. The second-order valence-corrected chi connectivity index (χ2v) is 5.40. The van der Waals surface area contributed by atoms with E-state index in [0.29, 0.717) is 11.4 Å². The Morgan fingerprint density at radius 1 is 1.00 bits per heavy atom. The number of hydrogen-bond donors (Lipinski definition) is 1. The number of nitrogens with zero attached hydrogens (tertiary/aromatic N) is 3. The van der Waals surface area contributed by atoms with Gasteiger partial charge in [-0.1, -0.05) is 41.6 Å². The fourth-order valence-corrected chi connectivity index (χ4v) is 2.47. The summed E-state index contributed by atoms with van der Waals surface area (Å²) >= 11 is 0. The van der Waals surface area contributed by atoms with Crippen molar-refractivity contribution in [2.24, 2.45) is 0 Å². The zero-order valence-electron chi connectivity index (χ0n) is 13.2. The molecule has 2 aromatic carbocycles. The van der Waals surface area contributed by atoms with Gasteiger partial charge in [0.2, 0.25) is 5.76 Å². The number of amides is 1. The maximum Gasteiger partial charge on any atom is 0.294 e. The molecule has 0 saturated heterocycles. The quantitative estimate of drug-likeness (QED) is 0.618. The third kappa shape index (κ3) is 3.18. The molecule has 0 aliphatic heterocycles. The van der Waals surface area contributed by atoms with Crippen LogP contribution in [0.4, 0.5) is 5.69 Å². The molecule has 0 atom stereocenters. The number of rotatable bonds is 4. The number of anilines is 1. The van der Waals surface area contributed by atoms with E-state index < -0.39 is 0 Å². The number of hydrogen-bond acceptors (Lipinski definition) is 4. The monoisotopic (exact) mass is 330 g/mol. The summed E-state index contributed by atoms with van der Waals surface area (Å²) in [6.45, 7) is 0. The summed E-state index contributed by atoms with van der Waals surface area (Å²) in [4.78, 5) is 12.4. The van der Waals surface area contributed by atoms with Crippen LogP contribution < -0.4 is 5.32 Å². The van der Waals surface area contributed by atoms with E-state index in [2.05, 4.69) is 15.6 Å². The van der Waals surface area contributed by atoms with E-state index >= 15 is 0 Å². The van der Waals surface area contributed by atoms with E-state index in [-0.39, 0.29) is 11.7 Å². The van der Waals surface area contributed by atoms with Crippen LogP contribution in [-0.2, 0) is 0 Å². The standard InChI is InChI=1S/C19H14N4O2/c24-19(18-13-17(22-25-18)14-6-2-1-3-7-14)21-15-8-4-9-16(12-15)23-11-5-10-20-23/h1-13H,(H,21,24). The molecule has 6 nitrogen and oxygen atoms in total. The van der Waals surface area contributed by atoms with Crippen molar-refractivity contribution in [2.45, 2.75) is 0 Å². The van der Waals surface area contributed by atoms with E-state index in [1.54, 1.807) is 23.0 Å². The molecule has 4 rings (SSSR count). The molecule has 0 saturated carbocycles. The molecular weight excluding hydrogens is 316 g/mol. The minimum Gasteiger partial charge on any atom is -0.350 e. The number of carbonyl (C=O) groups is 1. The van der Waals surface area contributed by atoms with Crippen LogP contribution in [0.3, 0.4) is 0 Å². The average Bonchev–Trinajstić information content (AvgIpc) is 3.35. The highest BCUT2D eigenvalue weighted by Crippen LogP contribution is 2.20. The van der Waals surface area contributed by atoms with Gasteiger partial charge in [-0.05, 0) is 24.3 Å². The lowest BCUT2D eigenvalue weighted by atomic mass is 10.1. The number of aromatic nitrogens is 3. The van der Waals surface area contributed by atoms with Gasteiger partial charge >= 0.3 is 0 Å². The van der Waals surface area contributed by atoms with Crippen LogP contribution in [-0.4, -0.2) is 20.8 Å². The van der Waals surface area contributed by atoms with Crippen molar-refractivity contribution in [1.29, 1.82) is 0 Å². The van der Waals surface area contributed by atoms with E-state index in [1.807, 2.05) is 60.8 Å². The molecule has 1 amide bonds. The Morgan fingerprint density at radius 3 is 2.68 bits per heavy atom. The third-order valence-corrected chi connectivity index (χ3v) is 3.68. The second kappa shape index (κ2) is 6.45. The van der Waals surface area contributed by atoms with Gasteiger partial charge in [0.25, 0.3) is 5.91 Å². The lowest BCUT2D eigenvalue weighted by molar-refractivity contribution is 0.0988. The lowest BCUT2D eigenvalue weighted by Crippen LogP contribution is -2.11. The topological polar surface area (TPSA) is 73.0 Å². The number of nitrogens with one attached hydrogen (secondary N) is 1. The van der Waals surface area contributed by atoms with Gasteiger partial charge in [-0.3, -0.25) is 4.79 Å². The summed E-state index contributed by atoms with van der Waals surface area (Å²) in [5.74, 6) is -0.198. The second-order valence-electron chi connectivity index (χ2n) is 5.40. The molecule has 0 aliphatic rings. The Bertz CT molecular complexity index is 991. The SMILES string of the molecule is O=C(Nc1cccc(-n2cccn2)c1)c1cc(-c2ccccc2)no1. The fraction of sp³-hybridized carbons (Fsp3) is 0. The first kappa shape index (κ1) is 14.9. The van der Waals surface area contributed by atoms with E-state index in [0.717, 1.165) is 11.3 Å². The van der Waals surface area contributed by atoms with Gasteiger partial charge in [-0.2, -0.15) is 5.10 Å². The molecular formula is C19H14N4O2. The minimum absolute atomic E-state index is 0.156. The summed E-state index contributed by atoms with van der Waals surface area (Å²) in [6.07, 6.45) is 3.54. The molecule has 0 aliphatic carbocycles. The predicted octanol–water partition coefficient (Wildman–Crippen LogP) is 3.78. The molecule has 0 bridgehead atoms. The Hall–Kier alpha value is -3.67. The van der Waals surface area contributed by atoms with Gasteiger partial charge in [0.05, 0.1) is 5.69 Å². The molecule has 0 spiro atoms. The predicted molar refractivity (Wildman–Crippen MR) is 93.5 cm³/mol. The van der Waals surface area contributed by atoms with Crippen LogP contribution in [0.5, 0.6) is 0 Å². The van der Waals surface area contributed by atoms with E-state index in [9.17, 15) is 4.79 Å². The van der Waals surface area contributed by atoms with Crippen molar-refractivity contribution in [3.05, 3.63) is 84.9 Å². The highest BCUT2D eigenvalue weighted by molar-refractivity contribution is 6.02. The summed E-state index contributed by atoms with van der Waals surface area (Å²) in [5.41, 5.74) is 3.02. The van der Waals surface area contributed by atoms with Gasteiger partial charge in [0.15, 0.2) is 0 Å². The van der Waals surface area contributed by atoms with Crippen LogP contribution in [0.25, 0.3) is 16.9 Å². The van der Waals surface area contributed by atoms with Gasteiger partial charge in [0, 0.05) is 29.7 Å². The van der Waals surface area contributed by atoms with Gasteiger partial charge < -0.3 is 9.84 Å². The number of carbonyl (C=O) groups excluding carboxylic acids is 1. The lowest BCUT2D eigenvalue weighted by Gasteiger charge is -2.06. The van der Waals surface area contributed by atoms with Crippen LogP contribution >= 0.6 is 0 Å². The van der Waals surface area contributed by atoms with Crippen molar-refractivity contribution in [1.82, 2.24) is 14.9 Å². The van der Waals surface area contributed by atoms with E-state index in [1.165, 1.54) is 0 Å². The molecule has 25 heavy (non-hydrogen) atoms. The number of benzene rings is 2. The van der Waals surface area contributed by atoms with Crippen LogP contribution in [0.1, 0.15) is 10.6 Å². The summed E-state index contributed by atoms with van der Waals surface area (Å²) in [6, 6.07) is 20.4. The largest absolute Gasteiger partial charge is 0.350 e. The maximum absolute atomic E-state index is 12.4. The van der Waals surface area contributed by atoms with Gasteiger partial charge in [-0.15, -0.1) is 0 Å². The van der Waals surface area contributed by atoms with Crippen molar-refractivity contribution in [2.75, 3.05) is 5.32 Å². The minimum atomic E-state index is -0.354. The first-order chi connectivity index (χ1) is 12.3. The fourth-order valence-electron chi connectivity index (χ4n) is 2.47. The summed E-state index contributed by atoms with van der Waals surface area (Å²) < 4.78 is 6.90. The zero-order valence-corrected chi connectivity index (χ0v) is 13.2. The van der Waals surface area contributed by atoms with Crippen LogP contribution in [0.2, 0.25) is 0 Å². The summed E-state index contributed by atoms with van der Waals surface area (Å²) in [5, 5.41) is 10.9. The van der Waals surface area contributed by atoms with Gasteiger partial charge in [-0.25, -0.2) is 4.68 Å². The van der Waals surface area contributed by atoms with Crippen molar-refractivity contribution >= 4 is 11.6 Å². The Labute approximate surface area is 143 Å². The Kier molecular flexibility index (Phi) is 3.84.